The molecule has 2 aliphatic heterocycles. The summed E-state index contributed by atoms with van der Waals surface area (Å²) in [5.74, 6) is -1.79. The van der Waals surface area contributed by atoms with E-state index in [4.69, 9.17) is 18.9 Å². The number of esters is 3. The Balaban J connectivity index is 1.54. The number of cyclic esters (lactones) is 1. The highest BCUT2D eigenvalue weighted by atomic mass is 16.6. The Hall–Kier alpha value is -2.49. The zero-order valence-corrected chi connectivity index (χ0v) is 22.7. The normalized spacial score (nSPS) is 46.0. The Morgan fingerprint density at radius 1 is 0.974 bits per heavy atom. The third-order valence-corrected chi connectivity index (χ3v) is 10.5. The molecule has 9 nitrogen and oxygen atoms in total. The molecule has 4 aliphatic rings. The standard InChI is InChI=1S/C29H38O9/c1-17(30)36-22-14-25(2)26(3,20(31)13-29(38-25)15-23(32)35-16-29)19-11-12-21(28(5,34)27(19,22)4)37-24(33)18-9-7-6-8-10-18/h6-10,19-22,31,34H,11-16H2,1-5H3. The van der Waals surface area contributed by atoms with Crippen LogP contribution in [0.4, 0.5) is 0 Å². The third kappa shape index (κ3) is 3.72. The van der Waals surface area contributed by atoms with Gasteiger partial charge in [-0.25, -0.2) is 4.79 Å². The van der Waals surface area contributed by atoms with Crippen LogP contribution in [0.1, 0.15) is 77.1 Å². The van der Waals surface area contributed by atoms with E-state index in [0.29, 0.717) is 18.4 Å². The average Bonchev–Trinajstić information content (AvgIpc) is 3.19. The number of carbonyl (C=O) groups excluding carboxylic acids is 3. The van der Waals surface area contributed by atoms with Crippen molar-refractivity contribution >= 4 is 17.9 Å². The molecule has 2 heterocycles. The fourth-order valence-electron chi connectivity index (χ4n) is 8.13. The van der Waals surface area contributed by atoms with Gasteiger partial charge in [-0.15, -0.1) is 0 Å². The zero-order valence-electron chi connectivity index (χ0n) is 22.7. The maximum absolute atomic E-state index is 13.0. The van der Waals surface area contributed by atoms with Crippen molar-refractivity contribution in [2.24, 2.45) is 16.7 Å². The van der Waals surface area contributed by atoms with E-state index in [1.165, 1.54) is 6.92 Å². The maximum atomic E-state index is 13.0. The fourth-order valence-corrected chi connectivity index (χ4v) is 8.13. The lowest BCUT2D eigenvalue weighted by atomic mass is 9.39. The molecular weight excluding hydrogens is 492 g/mol. The molecule has 1 spiro atoms. The van der Waals surface area contributed by atoms with E-state index in [1.54, 1.807) is 37.3 Å². The van der Waals surface area contributed by atoms with Crippen molar-refractivity contribution < 1.29 is 43.5 Å². The monoisotopic (exact) mass is 530 g/mol. The molecule has 38 heavy (non-hydrogen) atoms. The van der Waals surface area contributed by atoms with Gasteiger partial charge in [-0.3, -0.25) is 9.59 Å². The van der Waals surface area contributed by atoms with E-state index in [0.717, 1.165) is 0 Å². The van der Waals surface area contributed by atoms with Crippen LogP contribution in [-0.4, -0.2) is 69.8 Å². The molecule has 0 amide bonds. The first-order chi connectivity index (χ1) is 17.7. The van der Waals surface area contributed by atoms with Gasteiger partial charge in [0.05, 0.1) is 23.7 Å². The second kappa shape index (κ2) is 8.76. The maximum Gasteiger partial charge on any atom is 0.338 e. The molecule has 1 aromatic rings. The van der Waals surface area contributed by atoms with Crippen molar-refractivity contribution in [3.63, 3.8) is 0 Å². The summed E-state index contributed by atoms with van der Waals surface area (Å²) in [6, 6.07) is 8.60. The van der Waals surface area contributed by atoms with Gasteiger partial charge in [-0.2, -0.15) is 0 Å². The molecule has 208 valence electrons. The Morgan fingerprint density at radius 2 is 1.66 bits per heavy atom. The van der Waals surface area contributed by atoms with Crippen LogP contribution in [0.5, 0.6) is 0 Å². The first kappa shape index (κ1) is 27.1. The topological polar surface area (TPSA) is 129 Å². The Kier molecular flexibility index (Phi) is 6.25. The average molecular weight is 531 g/mol. The summed E-state index contributed by atoms with van der Waals surface area (Å²) in [5.41, 5.74) is -5.13. The number of rotatable bonds is 3. The minimum absolute atomic E-state index is 0.0467. The van der Waals surface area contributed by atoms with E-state index in [-0.39, 0.29) is 37.8 Å². The molecule has 2 N–H and O–H groups in total. The first-order valence-corrected chi connectivity index (χ1v) is 13.4. The lowest BCUT2D eigenvalue weighted by Gasteiger charge is -2.71. The van der Waals surface area contributed by atoms with E-state index in [1.807, 2.05) is 20.8 Å². The molecular formula is C29H38O9. The number of aliphatic hydroxyl groups is 2. The van der Waals surface area contributed by atoms with Gasteiger partial charge in [0.25, 0.3) is 0 Å². The minimum atomic E-state index is -1.61. The van der Waals surface area contributed by atoms with Crippen molar-refractivity contribution in [2.75, 3.05) is 6.61 Å². The molecule has 5 rings (SSSR count). The summed E-state index contributed by atoms with van der Waals surface area (Å²) in [5, 5.41) is 24.0. The molecule has 9 unspecified atom stereocenters. The third-order valence-electron chi connectivity index (χ3n) is 10.5. The first-order valence-electron chi connectivity index (χ1n) is 13.4. The lowest BCUT2D eigenvalue weighted by molar-refractivity contribution is -0.364. The van der Waals surface area contributed by atoms with Gasteiger partial charge in [0.1, 0.15) is 30.0 Å². The van der Waals surface area contributed by atoms with Crippen molar-refractivity contribution in [1.29, 1.82) is 0 Å². The lowest BCUT2D eigenvalue weighted by Crippen LogP contribution is -2.79. The van der Waals surface area contributed by atoms with Crippen LogP contribution in [0.2, 0.25) is 0 Å². The Bertz CT molecular complexity index is 1130. The molecule has 1 aromatic carbocycles. The zero-order chi connectivity index (χ0) is 27.7. The molecule has 0 aromatic heterocycles. The van der Waals surface area contributed by atoms with Gasteiger partial charge in [0, 0.05) is 30.6 Å². The SMILES string of the molecule is CC(=O)OC1CC2(C)OC3(COC(=O)C3)CC(O)C2(C)C2CCC(OC(=O)c3ccccc3)C(C)(O)C12C. The van der Waals surface area contributed by atoms with Crippen LogP contribution in [0, 0.1) is 16.7 Å². The number of hydrogen-bond donors (Lipinski definition) is 2. The minimum Gasteiger partial charge on any atom is -0.462 e. The van der Waals surface area contributed by atoms with Gasteiger partial charge in [-0.1, -0.05) is 32.0 Å². The van der Waals surface area contributed by atoms with Crippen LogP contribution in [0.3, 0.4) is 0 Å². The molecule has 2 aliphatic carbocycles. The molecule has 0 bridgehead atoms. The molecule has 9 atom stereocenters. The highest BCUT2D eigenvalue weighted by molar-refractivity contribution is 5.89. The Labute approximate surface area is 222 Å². The molecule has 2 saturated heterocycles. The largest absolute Gasteiger partial charge is 0.462 e. The molecule has 0 radical (unpaired) electrons. The van der Waals surface area contributed by atoms with E-state index >= 15 is 0 Å². The van der Waals surface area contributed by atoms with Gasteiger partial charge in [0.2, 0.25) is 0 Å². The molecule has 4 fully saturated rings. The summed E-state index contributed by atoms with van der Waals surface area (Å²) in [6.45, 7) is 8.72. The second-order valence-electron chi connectivity index (χ2n) is 12.5. The van der Waals surface area contributed by atoms with E-state index in [2.05, 4.69) is 0 Å². The van der Waals surface area contributed by atoms with Crippen LogP contribution in [0.15, 0.2) is 30.3 Å². The van der Waals surface area contributed by atoms with Crippen molar-refractivity contribution in [1.82, 2.24) is 0 Å². The summed E-state index contributed by atoms with van der Waals surface area (Å²) in [4.78, 5) is 37.4. The molecule has 9 heteroatoms. The summed E-state index contributed by atoms with van der Waals surface area (Å²) >= 11 is 0. The highest BCUT2D eigenvalue weighted by Gasteiger charge is 2.76. The van der Waals surface area contributed by atoms with Crippen molar-refractivity contribution in [3.05, 3.63) is 35.9 Å². The quantitative estimate of drug-likeness (QED) is 0.448. The van der Waals surface area contributed by atoms with Crippen LogP contribution in [-0.2, 0) is 28.5 Å². The summed E-state index contributed by atoms with van der Waals surface area (Å²) in [6.07, 6.45) is -1.27. The predicted octanol–water partition coefficient (Wildman–Crippen LogP) is 2.95. The van der Waals surface area contributed by atoms with Crippen molar-refractivity contribution in [3.8, 4) is 0 Å². The van der Waals surface area contributed by atoms with Crippen LogP contribution < -0.4 is 0 Å². The van der Waals surface area contributed by atoms with Gasteiger partial charge in [-0.05, 0) is 44.7 Å². The van der Waals surface area contributed by atoms with Gasteiger partial charge >= 0.3 is 17.9 Å². The van der Waals surface area contributed by atoms with E-state index < -0.39 is 57.9 Å². The van der Waals surface area contributed by atoms with Crippen molar-refractivity contribution in [2.45, 2.75) is 102 Å². The number of benzene rings is 1. The number of hydrogen-bond acceptors (Lipinski definition) is 9. The predicted molar refractivity (Wildman–Crippen MR) is 134 cm³/mol. The van der Waals surface area contributed by atoms with Crippen LogP contribution >= 0.6 is 0 Å². The number of ether oxygens (including phenoxy) is 4. The van der Waals surface area contributed by atoms with Crippen LogP contribution in [0.25, 0.3) is 0 Å². The Morgan fingerprint density at radius 3 is 2.26 bits per heavy atom. The van der Waals surface area contributed by atoms with Gasteiger partial charge in [0.15, 0.2) is 0 Å². The smallest absolute Gasteiger partial charge is 0.338 e. The second-order valence-corrected chi connectivity index (χ2v) is 12.5. The van der Waals surface area contributed by atoms with Gasteiger partial charge < -0.3 is 29.2 Å². The summed E-state index contributed by atoms with van der Waals surface area (Å²) < 4.78 is 23.8. The number of carbonyl (C=O) groups is 3. The number of fused-ring (bicyclic) bond motifs is 3. The fraction of sp³-hybridized carbons (Fsp3) is 0.690. The highest BCUT2D eigenvalue weighted by Crippen LogP contribution is 2.69. The molecule has 2 saturated carbocycles. The summed E-state index contributed by atoms with van der Waals surface area (Å²) in [7, 11) is 0. The number of aliphatic hydroxyl groups excluding tert-OH is 1. The van der Waals surface area contributed by atoms with E-state index in [9.17, 15) is 24.6 Å².